The SMILES string of the molecule is Cc1ccccc1CN(C)C(=O)CS(=O)CCO. The summed E-state index contributed by atoms with van der Waals surface area (Å²) in [4.78, 5) is 13.4. The van der Waals surface area contributed by atoms with Gasteiger partial charge in [-0.05, 0) is 18.1 Å². The minimum absolute atomic E-state index is 0.0249. The van der Waals surface area contributed by atoms with Gasteiger partial charge in [0.15, 0.2) is 0 Å². The van der Waals surface area contributed by atoms with Crippen LogP contribution in [0, 0.1) is 6.92 Å². The molecule has 0 heterocycles. The number of benzene rings is 1. The average Bonchev–Trinajstić information content (AvgIpc) is 2.32. The fourth-order valence-corrected chi connectivity index (χ4v) is 2.40. The molecule has 1 aromatic carbocycles. The van der Waals surface area contributed by atoms with E-state index < -0.39 is 10.8 Å². The van der Waals surface area contributed by atoms with Gasteiger partial charge in [0, 0.05) is 30.1 Å². The molecule has 1 unspecified atom stereocenters. The molecule has 0 saturated carbocycles. The molecule has 0 aromatic heterocycles. The molecule has 1 atom stereocenters. The Labute approximate surface area is 110 Å². The van der Waals surface area contributed by atoms with Crippen LogP contribution in [0.4, 0.5) is 0 Å². The predicted octanol–water partition coefficient (Wildman–Crippen LogP) is 0.694. The maximum absolute atomic E-state index is 11.8. The van der Waals surface area contributed by atoms with Gasteiger partial charge in [0.25, 0.3) is 0 Å². The quantitative estimate of drug-likeness (QED) is 0.827. The second-order valence-corrected chi connectivity index (χ2v) is 5.76. The number of rotatable bonds is 6. The predicted molar refractivity (Wildman–Crippen MR) is 72.6 cm³/mol. The lowest BCUT2D eigenvalue weighted by atomic mass is 10.1. The van der Waals surface area contributed by atoms with Crippen LogP contribution in [0.5, 0.6) is 0 Å². The minimum Gasteiger partial charge on any atom is -0.395 e. The number of amides is 1. The van der Waals surface area contributed by atoms with Crippen LogP contribution in [0.1, 0.15) is 11.1 Å². The lowest BCUT2D eigenvalue weighted by Gasteiger charge is -2.18. The first-order valence-corrected chi connectivity index (χ1v) is 7.27. The second-order valence-electron chi connectivity index (χ2n) is 4.19. The zero-order valence-corrected chi connectivity index (χ0v) is 11.6. The molecule has 4 nitrogen and oxygen atoms in total. The van der Waals surface area contributed by atoms with E-state index in [1.807, 2.05) is 31.2 Å². The average molecular weight is 269 g/mol. The van der Waals surface area contributed by atoms with Crippen LogP contribution >= 0.6 is 0 Å². The van der Waals surface area contributed by atoms with Gasteiger partial charge in [-0.15, -0.1) is 0 Å². The number of hydrogen-bond acceptors (Lipinski definition) is 3. The van der Waals surface area contributed by atoms with Crippen LogP contribution in [0.3, 0.4) is 0 Å². The Kier molecular flexibility index (Phi) is 6.01. The van der Waals surface area contributed by atoms with Gasteiger partial charge in [0.2, 0.25) is 5.91 Å². The summed E-state index contributed by atoms with van der Waals surface area (Å²) in [7, 11) is 0.424. The molecule has 1 N–H and O–H groups in total. The molecule has 0 radical (unpaired) electrons. The van der Waals surface area contributed by atoms with Gasteiger partial charge in [-0.3, -0.25) is 9.00 Å². The summed E-state index contributed by atoms with van der Waals surface area (Å²) in [6, 6.07) is 7.86. The van der Waals surface area contributed by atoms with Gasteiger partial charge in [0.1, 0.15) is 5.75 Å². The molecule has 0 aliphatic heterocycles. The van der Waals surface area contributed by atoms with Gasteiger partial charge in [0.05, 0.1) is 6.61 Å². The number of carbonyl (C=O) groups is 1. The molecule has 5 heteroatoms. The van der Waals surface area contributed by atoms with Crippen LogP contribution in [0.2, 0.25) is 0 Å². The topological polar surface area (TPSA) is 57.6 Å². The Hall–Kier alpha value is -1.20. The largest absolute Gasteiger partial charge is 0.395 e. The van der Waals surface area contributed by atoms with E-state index in [2.05, 4.69) is 0 Å². The van der Waals surface area contributed by atoms with Gasteiger partial charge in [-0.2, -0.15) is 0 Å². The molecule has 0 spiro atoms. The van der Waals surface area contributed by atoms with Crippen molar-refractivity contribution in [3.05, 3.63) is 35.4 Å². The van der Waals surface area contributed by atoms with Crippen molar-refractivity contribution in [1.82, 2.24) is 4.90 Å². The second kappa shape index (κ2) is 7.28. The van der Waals surface area contributed by atoms with Crippen molar-refractivity contribution >= 4 is 16.7 Å². The number of aliphatic hydroxyl groups excluding tert-OH is 1. The normalized spacial score (nSPS) is 12.2. The monoisotopic (exact) mass is 269 g/mol. The van der Waals surface area contributed by atoms with E-state index in [1.165, 1.54) is 0 Å². The molecule has 1 amide bonds. The summed E-state index contributed by atoms with van der Waals surface area (Å²) in [6.45, 7) is 2.36. The maximum Gasteiger partial charge on any atom is 0.235 e. The maximum atomic E-state index is 11.8. The fourth-order valence-electron chi connectivity index (χ4n) is 1.55. The van der Waals surface area contributed by atoms with Crippen molar-refractivity contribution in [1.29, 1.82) is 0 Å². The molecule has 0 aliphatic carbocycles. The summed E-state index contributed by atoms with van der Waals surface area (Å²) in [5.41, 5.74) is 2.22. The zero-order valence-electron chi connectivity index (χ0n) is 10.8. The number of aryl methyl sites for hydroxylation is 1. The smallest absolute Gasteiger partial charge is 0.235 e. The highest BCUT2D eigenvalue weighted by Gasteiger charge is 2.13. The highest BCUT2D eigenvalue weighted by Crippen LogP contribution is 2.09. The number of nitrogens with zero attached hydrogens (tertiary/aromatic N) is 1. The molecule has 18 heavy (non-hydrogen) atoms. The highest BCUT2D eigenvalue weighted by molar-refractivity contribution is 7.85. The molecular formula is C13H19NO3S. The third-order valence-electron chi connectivity index (χ3n) is 2.70. The van der Waals surface area contributed by atoms with Gasteiger partial charge in [-0.25, -0.2) is 0 Å². The van der Waals surface area contributed by atoms with E-state index in [-0.39, 0.29) is 24.0 Å². The lowest BCUT2D eigenvalue weighted by Crippen LogP contribution is -2.31. The lowest BCUT2D eigenvalue weighted by molar-refractivity contribution is -0.127. The molecule has 0 aliphatic rings. The zero-order chi connectivity index (χ0) is 13.5. The summed E-state index contributed by atoms with van der Waals surface area (Å²) in [6.07, 6.45) is 0. The van der Waals surface area contributed by atoms with Gasteiger partial charge < -0.3 is 10.0 Å². The number of aliphatic hydroxyl groups is 1. The van der Waals surface area contributed by atoms with E-state index in [9.17, 15) is 9.00 Å². The summed E-state index contributed by atoms with van der Waals surface area (Å²) in [5.74, 6) is -0.0302. The fraction of sp³-hybridized carbons (Fsp3) is 0.462. The Morgan fingerprint density at radius 3 is 2.67 bits per heavy atom. The van der Waals surface area contributed by atoms with Crippen LogP contribution in [-0.4, -0.2) is 45.3 Å². The Morgan fingerprint density at radius 2 is 2.06 bits per heavy atom. The van der Waals surface area contributed by atoms with Crippen molar-refractivity contribution in [2.75, 3.05) is 25.2 Å². The molecule has 1 rings (SSSR count). The van der Waals surface area contributed by atoms with E-state index >= 15 is 0 Å². The van der Waals surface area contributed by atoms with Crippen molar-refractivity contribution in [2.24, 2.45) is 0 Å². The molecule has 0 fully saturated rings. The van der Waals surface area contributed by atoms with Gasteiger partial charge in [-0.1, -0.05) is 24.3 Å². The number of hydrogen-bond donors (Lipinski definition) is 1. The highest BCUT2D eigenvalue weighted by atomic mass is 32.2. The van der Waals surface area contributed by atoms with Crippen LogP contribution in [0.25, 0.3) is 0 Å². The Balaban J connectivity index is 2.55. The Morgan fingerprint density at radius 1 is 1.39 bits per heavy atom. The van der Waals surface area contributed by atoms with E-state index in [0.29, 0.717) is 6.54 Å². The molecule has 0 saturated heterocycles. The molecular weight excluding hydrogens is 250 g/mol. The third-order valence-corrected chi connectivity index (χ3v) is 3.90. The molecule has 1 aromatic rings. The number of carbonyl (C=O) groups excluding carboxylic acids is 1. The Bertz CT molecular complexity index is 434. The van der Waals surface area contributed by atoms with E-state index in [1.54, 1.807) is 11.9 Å². The summed E-state index contributed by atoms with van der Waals surface area (Å²) >= 11 is 0. The minimum atomic E-state index is -1.28. The first-order valence-electron chi connectivity index (χ1n) is 5.79. The first-order chi connectivity index (χ1) is 8.54. The van der Waals surface area contributed by atoms with Crippen molar-refractivity contribution in [2.45, 2.75) is 13.5 Å². The van der Waals surface area contributed by atoms with Gasteiger partial charge >= 0.3 is 0 Å². The van der Waals surface area contributed by atoms with Crippen LogP contribution in [-0.2, 0) is 22.1 Å². The van der Waals surface area contributed by atoms with E-state index in [4.69, 9.17) is 5.11 Å². The third kappa shape index (κ3) is 4.58. The molecule has 100 valence electrons. The summed E-state index contributed by atoms with van der Waals surface area (Å²) in [5, 5.41) is 8.64. The summed E-state index contributed by atoms with van der Waals surface area (Å²) < 4.78 is 11.4. The standard InChI is InChI=1S/C13H19NO3S/c1-11-5-3-4-6-12(11)9-14(2)13(16)10-18(17)8-7-15/h3-6,15H,7-10H2,1-2H3. The van der Waals surface area contributed by atoms with Crippen LogP contribution < -0.4 is 0 Å². The van der Waals surface area contributed by atoms with Crippen molar-refractivity contribution < 1.29 is 14.1 Å². The van der Waals surface area contributed by atoms with E-state index in [0.717, 1.165) is 11.1 Å². The van der Waals surface area contributed by atoms with Crippen LogP contribution in [0.15, 0.2) is 24.3 Å². The van der Waals surface area contributed by atoms with Crippen molar-refractivity contribution in [3.8, 4) is 0 Å². The van der Waals surface area contributed by atoms with Crippen molar-refractivity contribution in [3.63, 3.8) is 0 Å². The first kappa shape index (κ1) is 14.9. The molecule has 0 bridgehead atoms.